The second-order valence-corrected chi connectivity index (χ2v) is 4.80. The summed E-state index contributed by atoms with van der Waals surface area (Å²) in [4.78, 5) is 13.1. The summed E-state index contributed by atoms with van der Waals surface area (Å²) >= 11 is 0. The molecule has 0 spiro atoms. The quantitative estimate of drug-likeness (QED) is 0.466. The molecule has 0 heterocycles. The Morgan fingerprint density at radius 3 is 1.74 bits per heavy atom. The van der Waals surface area contributed by atoms with Gasteiger partial charge in [0.05, 0.1) is 11.4 Å². The minimum atomic E-state index is 0.580. The fourth-order valence-corrected chi connectivity index (χ4v) is 2.00. The maximum atomic E-state index is 4.59. The monoisotopic (exact) mass is 297 g/mol. The molecule has 3 aromatic carbocycles. The molecule has 3 nitrogen and oxygen atoms in total. The highest BCUT2D eigenvalue weighted by Gasteiger charge is 2.00. The Morgan fingerprint density at radius 1 is 0.609 bits per heavy atom. The highest BCUT2D eigenvalue weighted by molar-refractivity contribution is 6.03. The van der Waals surface area contributed by atoms with Crippen LogP contribution < -0.4 is 0 Å². The molecule has 3 aromatic rings. The van der Waals surface area contributed by atoms with Crippen LogP contribution in [0.15, 0.2) is 106 Å². The van der Waals surface area contributed by atoms with Crippen LogP contribution in [0.2, 0.25) is 0 Å². The fraction of sp³-hybridized carbons (Fsp3) is 0. The van der Waals surface area contributed by atoms with Crippen LogP contribution in [-0.4, -0.2) is 11.8 Å². The van der Waals surface area contributed by atoms with Crippen molar-refractivity contribution in [3.63, 3.8) is 0 Å². The van der Waals surface area contributed by atoms with E-state index in [1.54, 1.807) is 0 Å². The number of nitrogens with zero attached hydrogens (tertiary/aromatic N) is 3. The van der Waals surface area contributed by atoms with Gasteiger partial charge in [-0.1, -0.05) is 66.7 Å². The third-order valence-electron chi connectivity index (χ3n) is 3.11. The van der Waals surface area contributed by atoms with Crippen molar-refractivity contribution in [2.45, 2.75) is 0 Å². The molecule has 0 amide bonds. The summed E-state index contributed by atoms with van der Waals surface area (Å²) < 4.78 is 0. The highest BCUT2D eigenvalue weighted by Crippen LogP contribution is 2.14. The Bertz CT molecular complexity index is 832. The van der Waals surface area contributed by atoms with Crippen molar-refractivity contribution in [3.05, 3.63) is 96.6 Å². The van der Waals surface area contributed by atoms with Gasteiger partial charge in [-0.25, -0.2) is 4.99 Å². The standard InChI is InChI=1S/C20H15N3/c1-4-10-17(11-5-1)20(23-19-14-8-3-9-15-19)22-16-21-18-12-6-2-7-13-18/h1-15H. The van der Waals surface area contributed by atoms with E-state index in [-0.39, 0.29) is 0 Å². The van der Waals surface area contributed by atoms with Gasteiger partial charge in [0.1, 0.15) is 6.01 Å². The van der Waals surface area contributed by atoms with Crippen LogP contribution in [0.1, 0.15) is 5.56 Å². The molecular formula is C20H15N3. The smallest absolute Gasteiger partial charge is 0.171 e. The predicted molar refractivity (Wildman–Crippen MR) is 95.0 cm³/mol. The largest absolute Gasteiger partial charge is 0.228 e. The number of para-hydroxylation sites is 2. The van der Waals surface area contributed by atoms with Crippen molar-refractivity contribution in [3.8, 4) is 0 Å². The van der Waals surface area contributed by atoms with Crippen molar-refractivity contribution in [2.75, 3.05) is 0 Å². The van der Waals surface area contributed by atoms with E-state index in [9.17, 15) is 0 Å². The molecule has 110 valence electrons. The van der Waals surface area contributed by atoms with Gasteiger partial charge in [-0.05, 0) is 24.3 Å². The van der Waals surface area contributed by atoms with Crippen LogP contribution >= 0.6 is 0 Å². The zero-order valence-corrected chi connectivity index (χ0v) is 12.5. The van der Waals surface area contributed by atoms with Crippen molar-refractivity contribution in [2.24, 2.45) is 15.0 Å². The first-order valence-corrected chi connectivity index (χ1v) is 7.32. The van der Waals surface area contributed by atoms with Crippen LogP contribution in [-0.2, 0) is 0 Å². The first-order chi connectivity index (χ1) is 11.4. The van der Waals surface area contributed by atoms with Crippen molar-refractivity contribution >= 4 is 23.2 Å². The summed E-state index contributed by atoms with van der Waals surface area (Å²) in [5.41, 5.74) is 2.58. The summed E-state index contributed by atoms with van der Waals surface area (Å²) in [5.74, 6) is 0.580. The minimum Gasteiger partial charge on any atom is -0.228 e. The molecule has 0 unspecified atom stereocenters. The lowest BCUT2D eigenvalue weighted by Gasteiger charge is -1.99. The topological polar surface area (TPSA) is 37.1 Å². The Kier molecular flexibility index (Phi) is 4.86. The van der Waals surface area contributed by atoms with E-state index in [4.69, 9.17) is 0 Å². The van der Waals surface area contributed by atoms with Gasteiger partial charge in [-0.15, -0.1) is 0 Å². The predicted octanol–water partition coefficient (Wildman–Crippen LogP) is 5.27. The second kappa shape index (κ2) is 7.64. The maximum absolute atomic E-state index is 4.59. The number of rotatable bonds is 3. The third kappa shape index (κ3) is 4.34. The van der Waals surface area contributed by atoms with Gasteiger partial charge < -0.3 is 0 Å². The van der Waals surface area contributed by atoms with Gasteiger partial charge >= 0.3 is 0 Å². The molecule has 0 radical (unpaired) electrons. The average Bonchev–Trinajstić information content (AvgIpc) is 2.63. The van der Waals surface area contributed by atoms with Gasteiger partial charge in [-0.3, -0.25) is 0 Å². The third-order valence-corrected chi connectivity index (χ3v) is 3.11. The normalized spacial score (nSPS) is 10.7. The van der Waals surface area contributed by atoms with Crippen LogP contribution in [0.5, 0.6) is 0 Å². The molecular weight excluding hydrogens is 282 g/mol. The summed E-state index contributed by atoms with van der Waals surface area (Å²) in [7, 11) is 0. The van der Waals surface area contributed by atoms with Crippen molar-refractivity contribution < 1.29 is 0 Å². The van der Waals surface area contributed by atoms with Gasteiger partial charge in [0.15, 0.2) is 5.84 Å². The molecule has 0 atom stereocenters. The average molecular weight is 297 g/mol. The van der Waals surface area contributed by atoms with Gasteiger partial charge in [0, 0.05) is 5.56 Å². The molecule has 0 saturated carbocycles. The van der Waals surface area contributed by atoms with Crippen molar-refractivity contribution in [1.29, 1.82) is 0 Å². The maximum Gasteiger partial charge on any atom is 0.171 e. The van der Waals surface area contributed by atoms with E-state index in [0.29, 0.717) is 5.84 Å². The van der Waals surface area contributed by atoms with Gasteiger partial charge in [0.2, 0.25) is 0 Å². The minimum absolute atomic E-state index is 0.580. The molecule has 0 aliphatic rings. The highest BCUT2D eigenvalue weighted by atomic mass is 14.9. The Hall–Kier alpha value is -3.29. The number of hydrogen-bond donors (Lipinski definition) is 0. The summed E-state index contributed by atoms with van der Waals surface area (Å²) in [6.07, 6.45) is 0. The van der Waals surface area contributed by atoms with Crippen LogP contribution in [0, 0.1) is 0 Å². The van der Waals surface area contributed by atoms with E-state index in [0.717, 1.165) is 16.9 Å². The summed E-state index contributed by atoms with van der Waals surface area (Å²) in [5, 5.41) is 0. The van der Waals surface area contributed by atoms with E-state index < -0.39 is 0 Å². The first kappa shape index (κ1) is 14.6. The Balaban J connectivity index is 1.96. The SMILES string of the molecule is C(=NC(=Nc1ccccc1)c1ccccc1)=Nc1ccccc1. The van der Waals surface area contributed by atoms with E-state index in [1.165, 1.54) is 0 Å². The molecule has 0 saturated heterocycles. The zero-order chi connectivity index (χ0) is 15.7. The van der Waals surface area contributed by atoms with E-state index >= 15 is 0 Å². The number of benzene rings is 3. The second-order valence-electron chi connectivity index (χ2n) is 4.80. The lowest BCUT2D eigenvalue weighted by Crippen LogP contribution is -1.95. The molecule has 3 heteroatoms. The van der Waals surface area contributed by atoms with E-state index in [2.05, 4.69) is 21.0 Å². The Morgan fingerprint density at radius 2 is 1.13 bits per heavy atom. The van der Waals surface area contributed by atoms with Crippen LogP contribution in [0.4, 0.5) is 11.4 Å². The number of hydrogen-bond acceptors (Lipinski definition) is 2. The molecule has 0 aliphatic heterocycles. The molecule has 0 fully saturated rings. The Labute approximate surface area is 135 Å². The number of amidine groups is 1. The zero-order valence-electron chi connectivity index (χ0n) is 12.5. The van der Waals surface area contributed by atoms with Gasteiger partial charge in [-0.2, -0.15) is 9.98 Å². The lowest BCUT2D eigenvalue weighted by molar-refractivity contribution is 1.44. The van der Waals surface area contributed by atoms with Gasteiger partial charge in [0.25, 0.3) is 0 Å². The summed E-state index contributed by atoms with van der Waals surface area (Å²) in [6, 6.07) is 31.9. The molecule has 23 heavy (non-hydrogen) atoms. The van der Waals surface area contributed by atoms with Crippen molar-refractivity contribution in [1.82, 2.24) is 0 Å². The molecule has 0 aliphatic carbocycles. The number of aliphatic imine (C=N–C) groups is 3. The first-order valence-electron chi connectivity index (χ1n) is 7.32. The molecule has 0 N–H and O–H groups in total. The molecule has 0 aromatic heterocycles. The van der Waals surface area contributed by atoms with Crippen LogP contribution in [0.25, 0.3) is 0 Å². The fourth-order valence-electron chi connectivity index (χ4n) is 2.00. The van der Waals surface area contributed by atoms with Crippen LogP contribution in [0.3, 0.4) is 0 Å². The lowest BCUT2D eigenvalue weighted by atomic mass is 10.2. The molecule has 0 bridgehead atoms. The summed E-state index contributed by atoms with van der Waals surface area (Å²) in [6.45, 7) is 0. The molecule has 3 rings (SSSR count). The van der Waals surface area contributed by atoms with E-state index in [1.807, 2.05) is 91.0 Å².